The van der Waals surface area contributed by atoms with Crippen molar-refractivity contribution in [2.24, 2.45) is 0 Å². The number of quaternary nitrogens is 1. The fourth-order valence-corrected chi connectivity index (χ4v) is 3.00. The molecule has 1 atom stereocenters. The summed E-state index contributed by atoms with van der Waals surface area (Å²) in [7, 11) is 0. The standard InChI is InChI=1S/C18H28N2O2/c1-4-10-19-11-13-20(14-12-19)18(21)16(5-2)22-17-9-7-6-8-15(17)3/h6-9,16H,4-5,10-14H2,1-3H3/p+1/t16-/m0/s1. The number of nitrogens with one attached hydrogen (secondary N) is 1. The molecule has 4 nitrogen and oxygen atoms in total. The summed E-state index contributed by atoms with van der Waals surface area (Å²) in [6.45, 7) is 11.3. The van der Waals surface area contributed by atoms with E-state index in [1.54, 1.807) is 4.90 Å². The predicted octanol–water partition coefficient (Wildman–Crippen LogP) is 1.29. The second kappa shape index (κ2) is 8.18. The van der Waals surface area contributed by atoms with Gasteiger partial charge in [-0.2, -0.15) is 0 Å². The van der Waals surface area contributed by atoms with Gasteiger partial charge in [0.2, 0.25) is 0 Å². The molecule has 4 heteroatoms. The van der Waals surface area contributed by atoms with Crippen LogP contribution in [0.25, 0.3) is 0 Å². The summed E-state index contributed by atoms with van der Waals surface area (Å²) in [6.07, 6.45) is 1.54. The summed E-state index contributed by atoms with van der Waals surface area (Å²) < 4.78 is 5.99. The van der Waals surface area contributed by atoms with Crippen molar-refractivity contribution < 1.29 is 14.4 Å². The van der Waals surface area contributed by atoms with Crippen molar-refractivity contribution in [2.75, 3.05) is 32.7 Å². The zero-order chi connectivity index (χ0) is 15.9. The number of carbonyl (C=O) groups is 1. The second-order valence-corrected chi connectivity index (χ2v) is 6.11. The molecule has 1 aromatic carbocycles. The first-order chi connectivity index (χ1) is 10.7. The number of hydrogen-bond acceptors (Lipinski definition) is 2. The molecular formula is C18H29N2O2+. The monoisotopic (exact) mass is 305 g/mol. The van der Waals surface area contributed by atoms with Crippen LogP contribution >= 0.6 is 0 Å². The third-order valence-electron chi connectivity index (χ3n) is 4.39. The first-order valence-electron chi connectivity index (χ1n) is 8.50. The fourth-order valence-electron chi connectivity index (χ4n) is 3.00. The van der Waals surface area contributed by atoms with E-state index in [1.807, 2.05) is 43.0 Å². The molecule has 1 aliphatic rings. The van der Waals surface area contributed by atoms with E-state index in [0.717, 1.165) is 37.5 Å². The Balaban J connectivity index is 1.94. The van der Waals surface area contributed by atoms with Crippen LogP contribution in [0.1, 0.15) is 32.3 Å². The van der Waals surface area contributed by atoms with Gasteiger partial charge in [-0.3, -0.25) is 4.79 Å². The molecule has 1 aliphatic heterocycles. The lowest BCUT2D eigenvalue weighted by Crippen LogP contribution is -3.14. The highest BCUT2D eigenvalue weighted by molar-refractivity contribution is 5.81. The van der Waals surface area contributed by atoms with Crippen molar-refractivity contribution in [3.63, 3.8) is 0 Å². The number of ether oxygens (including phenoxy) is 1. The summed E-state index contributed by atoms with van der Waals surface area (Å²) in [5.74, 6) is 0.958. The highest BCUT2D eigenvalue weighted by Gasteiger charge is 2.29. The van der Waals surface area contributed by atoms with Gasteiger partial charge in [0.1, 0.15) is 5.75 Å². The molecule has 1 fully saturated rings. The summed E-state index contributed by atoms with van der Waals surface area (Å²) >= 11 is 0. The second-order valence-electron chi connectivity index (χ2n) is 6.11. The number of rotatable bonds is 6. The molecule has 1 amide bonds. The summed E-state index contributed by atoms with van der Waals surface area (Å²) in [4.78, 5) is 16.3. The normalized spacial score (nSPS) is 17.3. The number of benzene rings is 1. The lowest BCUT2D eigenvalue weighted by molar-refractivity contribution is -0.904. The lowest BCUT2D eigenvalue weighted by atomic mass is 10.2. The van der Waals surface area contributed by atoms with Gasteiger partial charge < -0.3 is 14.5 Å². The van der Waals surface area contributed by atoms with Crippen LogP contribution in [0.3, 0.4) is 0 Å². The van der Waals surface area contributed by atoms with Crippen LogP contribution in [0.5, 0.6) is 5.75 Å². The van der Waals surface area contributed by atoms with Crippen LogP contribution < -0.4 is 9.64 Å². The molecule has 1 saturated heterocycles. The minimum Gasteiger partial charge on any atom is -0.480 e. The summed E-state index contributed by atoms with van der Waals surface area (Å²) in [5.41, 5.74) is 1.07. The van der Waals surface area contributed by atoms with E-state index < -0.39 is 0 Å². The number of aryl methyl sites for hydroxylation is 1. The van der Waals surface area contributed by atoms with Crippen LogP contribution in [-0.2, 0) is 4.79 Å². The van der Waals surface area contributed by atoms with E-state index in [-0.39, 0.29) is 12.0 Å². The average molecular weight is 305 g/mol. The van der Waals surface area contributed by atoms with E-state index in [1.165, 1.54) is 13.0 Å². The molecule has 0 aliphatic carbocycles. The zero-order valence-corrected chi connectivity index (χ0v) is 14.1. The molecule has 0 radical (unpaired) electrons. The quantitative estimate of drug-likeness (QED) is 0.859. The molecule has 122 valence electrons. The number of amides is 1. The molecule has 0 saturated carbocycles. The van der Waals surface area contributed by atoms with Crippen LogP contribution in [0.2, 0.25) is 0 Å². The van der Waals surface area contributed by atoms with Gasteiger partial charge in [-0.05, 0) is 31.4 Å². The van der Waals surface area contributed by atoms with Crippen molar-refractivity contribution in [2.45, 2.75) is 39.7 Å². The molecule has 2 rings (SSSR count). The average Bonchev–Trinajstić information content (AvgIpc) is 2.54. The number of para-hydroxylation sites is 1. The van der Waals surface area contributed by atoms with E-state index in [0.29, 0.717) is 6.42 Å². The molecule has 1 aromatic rings. The maximum atomic E-state index is 12.7. The summed E-state index contributed by atoms with van der Waals surface area (Å²) in [5, 5.41) is 0. The molecule has 0 aromatic heterocycles. The molecule has 0 spiro atoms. The van der Waals surface area contributed by atoms with E-state index in [4.69, 9.17) is 4.74 Å². The first kappa shape index (κ1) is 16.8. The van der Waals surface area contributed by atoms with Crippen molar-refractivity contribution in [1.29, 1.82) is 0 Å². The Labute approximate surface area is 134 Å². The molecular weight excluding hydrogens is 276 g/mol. The van der Waals surface area contributed by atoms with Gasteiger partial charge in [0.15, 0.2) is 6.10 Å². The van der Waals surface area contributed by atoms with Gasteiger partial charge in [-0.25, -0.2) is 0 Å². The summed E-state index contributed by atoms with van der Waals surface area (Å²) in [6, 6.07) is 7.89. The predicted molar refractivity (Wildman–Crippen MR) is 88.3 cm³/mol. The van der Waals surface area contributed by atoms with Crippen molar-refractivity contribution in [1.82, 2.24) is 4.90 Å². The van der Waals surface area contributed by atoms with Crippen LogP contribution in [0, 0.1) is 6.92 Å². The minimum absolute atomic E-state index is 0.140. The molecule has 0 bridgehead atoms. The maximum absolute atomic E-state index is 12.7. The van der Waals surface area contributed by atoms with Crippen LogP contribution in [-0.4, -0.2) is 49.6 Å². The van der Waals surface area contributed by atoms with Gasteiger partial charge in [-0.15, -0.1) is 0 Å². The van der Waals surface area contributed by atoms with E-state index >= 15 is 0 Å². The lowest BCUT2D eigenvalue weighted by Gasteiger charge is -2.34. The highest BCUT2D eigenvalue weighted by Crippen LogP contribution is 2.19. The molecule has 22 heavy (non-hydrogen) atoms. The topological polar surface area (TPSA) is 34.0 Å². The van der Waals surface area contributed by atoms with Gasteiger partial charge in [0.25, 0.3) is 5.91 Å². The largest absolute Gasteiger partial charge is 0.480 e. The van der Waals surface area contributed by atoms with Gasteiger partial charge >= 0.3 is 0 Å². The number of nitrogens with zero attached hydrogens (tertiary/aromatic N) is 1. The van der Waals surface area contributed by atoms with Crippen LogP contribution in [0.15, 0.2) is 24.3 Å². The van der Waals surface area contributed by atoms with Crippen molar-refractivity contribution in [3.05, 3.63) is 29.8 Å². The van der Waals surface area contributed by atoms with Gasteiger partial charge in [0, 0.05) is 0 Å². The third kappa shape index (κ3) is 4.23. The number of hydrogen-bond donors (Lipinski definition) is 1. The van der Waals surface area contributed by atoms with Gasteiger partial charge in [0.05, 0.1) is 32.7 Å². The highest BCUT2D eigenvalue weighted by atomic mass is 16.5. The van der Waals surface area contributed by atoms with E-state index in [2.05, 4.69) is 6.92 Å². The zero-order valence-electron chi connectivity index (χ0n) is 14.1. The van der Waals surface area contributed by atoms with Crippen LogP contribution in [0.4, 0.5) is 0 Å². The van der Waals surface area contributed by atoms with E-state index in [9.17, 15) is 4.79 Å². The van der Waals surface area contributed by atoms with Crippen molar-refractivity contribution in [3.8, 4) is 5.75 Å². The SMILES string of the molecule is CCC[NH+]1CCN(C(=O)[C@H](CC)Oc2ccccc2C)CC1. The first-order valence-corrected chi connectivity index (χ1v) is 8.50. The molecule has 0 unspecified atom stereocenters. The Hall–Kier alpha value is -1.55. The Morgan fingerprint density at radius 1 is 1.27 bits per heavy atom. The fraction of sp³-hybridized carbons (Fsp3) is 0.611. The Morgan fingerprint density at radius 2 is 1.95 bits per heavy atom. The maximum Gasteiger partial charge on any atom is 0.264 e. The molecule has 1 N–H and O–H groups in total. The molecule has 1 heterocycles. The number of piperazine rings is 1. The Kier molecular flexibility index (Phi) is 6.25. The minimum atomic E-state index is -0.367. The third-order valence-corrected chi connectivity index (χ3v) is 4.39. The smallest absolute Gasteiger partial charge is 0.264 e. The Morgan fingerprint density at radius 3 is 2.55 bits per heavy atom. The Bertz CT molecular complexity index is 482. The van der Waals surface area contributed by atoms with Gasteiger partial charge in [-0.1, -0.05) is 32.0 Å². The van der Waals surface area contributed by atoms with Crippen molar-refractivity contribution >= 4 is 5.91 Å². The number of carbonyl (C=O) groups excluding carboxylic acids is 1.